The van der Waals surface area contributed by atoms with Crippen molar-refractivity contribution in [3.63, 3.8) is 0 Å². The molecule has 0 amide bonds. The van der Waals surface area contributed by atoms with E-state index in [1.54, 1.807) is 0 Å². The Balaban J connectivity index is 5.00. The van der Waals surface area contributed by atoms with Gasteiger partial charge >= 0.3 is 11.9 Å². The van der Waals surface area contributed by atoms with Crippen LogP contribution in [-0.4, -0.2) is 79.2 Å². The Morgan fingerprint density at radius 1 is 0.905 bits per heavy atom. The Kier molecular flexibility index (Phi) is 7.37. The molecule has 0 heterocycles. The van der Waals surface area contributed by atoms with E-state index in [4.69, 9.17) is 20.4 Å². The molecule has 4 unspecified atom stereocenters. The number of carbonyl (C=O) groups excluding carboxylic acids is 2. The van der Waals surface area contributed by atoms with Gasteiger partial charge in [-0.25, -0.2) is 9.59 Å². The number of rotatable bonds is 8. The van der Waals surface area contributed by atoms with Gasteiger partial charge in [0.1, 0.15) is 0 Å². The first-order valence-electron chi connectivity index (χ1n) is 6.30. The third-order valence-electron chi connectivity index (χ3n) is 2.73. The van der Waals surface area contributed by atoms with Crippen molar-refractivity contribution in [2.75, 3.05) is 13.2 Å². The quantitative estimate of drug-likeness (QED) is 0.203. The molecule has 9 heteroatoms. The molecule has 0 aliphatic rings. The van der Waals surface area contributed by atoms with Crippen molar-refractivity contribution >= 4 is 11.9 Å². The number of ether oxygens (including phenoxy) is 1. The first-order valence-corrected chi connectivity index (χ1v) is 6.30. The van der Waals surface area contributed by atoms with Gasteiger partial charge in [0.2, 0.25) is 0 Å². The minimum absolute atomic E-state index is 0.594. The van der Waals surface area contributed by atoms with Gasteiger partial charge in [0, 0.05) is 12.8 Å². The van der Waals surface area contributed by atoms with E-state index in [-0.39, 0.29) is 0 Å². The van der Waals surface area contributed by atoms with E-state index in [2.05, 4.69) is 4.74 Å². The average molecular weight is 310 g/mol. The van der Waals surface area contributed by atoms with Crippen LogP contribution in [0.5, 0.6) is 0 Å². The van der Waals surface area contributed by atoms with Crippen LogP contribution in [0.15, 0.2) is 0 Å². The second-order valence-corrected chi connectivity index (χ2v) is 5.16. The highest BCUT2D eigenvalue weighted by molar-refractivity contribution is 5.94. The maximum atomic E-state index is 11.7. The van der Waals surface area contributed by atoms with Crippen LogP contribution in [0.4, 0.5) is 0 Å². The van der Waals surface area contributed by atoms with Crippen LogP contribution in [0.25, 0.3) is 0 Å². The summed E-state index contributed by atoms with van der Waals surface area (Å²) in [5.74, 6) is -3.15. The first kappa shape index (κ1) is 19.9. The molecule has 0 fully saturated rings. The Bertz CT molecular complexity index is 334. The fourth-order valence-electron chi connectivity index (χ4n) is 1.68. The molecule has 0 aromatic rings. The van der Waals surface area contributed by atoms with E-state index >= 15 is 0 Å². The molecule has 6 N–H and O–H groups in total. The summed E-state index contributed by atoms with van der Waals surface area (Å²) in [5.41, 5.74) is -5.05. The summed E-state index contributed by atoms with van der Waals surface area (Å²) in [7, 11) is 0. The standard InChI is InChI=1S/C12H22O9/c1-7(15)3-11(19,5-13)9(17)21-10(18)12(20,6-14)4-8(2)16/h7-8,13-16,19-20H,3-6H2,1-2H3. The highest BCUT2D eigenvalue weighted by Crippen LogP contribution is 2.19. The van der Waals surface area contributed by atoms with Crippen molar-refractivity contribution in [3.05, 3.63) is 0 Å². The van der Waals surface area contributed by atoms with E-state index in [0.717, 1.165) is 0 Å². The van der Waals surface area contributed by atoms with E-state index in [0.29, 0.717) is 0 Å². The van der Waals surface area contributed by atoms with E-state index < -0.39 is 61.4 Å². The van der Waals surface area contributed by atoms with Crippen molar-refractivity contribution in [1.82, 2.24) is 0 Å². The largest absolute Gasteiger partial charge is 0.393 e. The van der Waals surface area contributed by atoms with Crippen LogP contribution in [0.3, 0.4) is 0 Å². The minimum Gasteiger partial charge on any atom is -0.393 e. The molecule has 0 spiro atoms. The van der Waals surface area contributed by atoms with Crippen molar-refractivity contribution in [2.24, 2.45) is 0 Å². The van der Waals surface area contributed by atoms with Gasteiger partial charge in [0.15, 0.2) is 11.2 Å². The second kappa shape index (κ2) is 7.78. The number of hydrogen-bond acceptors (Lipinski definition) is 9. The predicted molar refractivity (Wildman–Crippen MR) is 67.8 cm³/mol. The van der Waals surface area contributed by atoms with Crippen molar-refractivity contribution in [3.8, 4) is 0 Å². The van der Waals surface area contributed by atoms with Crippen LogP contribution >= 0.6 is 0 Å². The van der Waals surface area contributed by atoms with Crippen molar-refractivity contribution in [1.29, 1.82) is 0 Å². The highest BCUT2D eigenvalue weighted by Gasteiger charge is 2.45. The van der Waals surface area contributed by atoms with Gasteiger partial charge in [-0.1, -0.05) is 0 Å². The fourth-order valence-corrected chi connectivity index (χ4v) is 1.68. The van der Waals surface area contributed by atoms with E-state index in [1.807, 2.05) is 0 Å². The van der Waals surface area contributed by atoms with Gasteiger partial charge in [-0.3, -0.25) is 0 Å². The lowest BCUT2D eigenvalue weighted by Crippen LogP contribution is -2.52. The molecule has 124 valence electrons. The Morgan fingerprint density at radius 2 is 1.19 bits per heavy atom. The molecule has 0 aromatic carbocycles. The smallest absolute Gasteiger partial charge is 0.348 e. The van der Waals surface area contributed by atoms with Gasteiger partial charge in [0.05, 0.1) is 25.4 Å². The summed E-state index contributed by atoms with van der Waals surface area (Å²) in [6, 6.07) is 0. The Labute approximate surface area is 121 Å². The van der Waals surface area contributed by atoms with Crippen molar-refractivity contribution in [2.45, 2.75) is 50.1 Å². The van der Waals surface area contributed by atoms with Crippen LogP contribution in [0.2, 0.25) is 0 Å². The summed E-state index contributed by atoms with van der Waals surface area (Å²) in [6.07, 6.45) is -3.52. The van der Waals surface area contributed by atoms with Gasteiger partial charge in [-0.05, 0) is 13.8 Å². The van der Waals surface area contributed by atoms with Gasteiger partial charge < -0.3 is 35.4 Å². The molecule has 4 atom stereocenters. The average Bonchev–Trinajstić information content (AvgIpc) is 2.36. The van der Waals surface area contributed by atoms with Gasteiger partial charge in [-0.15, -0.1) is 0 Å². The molecule has 0 aromatic heterocycles. The zero-order valence-electron chi connectivity index (χ0n) is 11.9. The van der Waals surface area contributed by atoms with Gasteiger partial charge in [0.25, 0.3) is 0 Å². The molecule has 0 saturated heterocycles. The maximum Gasteiger partial charge on any atom is 0.348 e. The van der Waals surface area contributed by atoms with Crippen molar-refractivity contribution < 1.29 is 45.0 Å². The highest BCUT2D eigenvalue weighted by atomic mass is 16.6. The third kappa shape index (κ3) is 5.65. The summed E-state index contributed by atoms with van der Waals surface area (Å²) in [6.45, 7) is 0.260. The lowest BCUT2D eigenvalue weighted by Gasteiger charge is -2.28. The first-order chi connectivity index (χ1) is 9.50. The maximum absolute atomic E-state index is 11.7. The molecule has 0 radical (unpaired) electrons. The van der Waals surface area contributed by atoms with Crippen LogP contribution in [-0.2, 0) is 14.3 Å². The van der Waals surface area contributed by atoms with Crippen LogP contribution in [0.1, 0.15) is 26.7 Å². The molecule has 21 heavy (non-hydrogen) atoms. The lowest BCUT2D eigenvalue weighted by atomic mass is 9.96. The number of aliphatic hydroxyl groups excluding tert-OH is 4. The topological polar surface area (TPSA) is 165 Å². The number of aliphatic hydroxyl groups is 6. The fraction of sp³-hybridized carbons (Fsp3) is 0.833. The molecule has 0 bridgehead atoms. The molecule has 0 aliphatic heterocycles. The molecular formula is C12H22O9. The Hall–Kier alpha value is -1.10. The molecule has 0 saturated carbocycles. The third-order valence-corrected chi connectivity index (χ3v) is 2.73. The zero-order chi connectivity index (χ0) is 16.8. The summed E-state index contributed by atoms with van der Waals surface area (Å²) >= 11 is 0. The van der Waals surface area contributed by atoms with E-state index in [1.165, 1.54) is 13.8 Å². The van der Waals surface area contributed by atoms with E-state index in [9.17, 15) is 19.8 Å². The molecular weight excluding hydrogens is 288 g/mol. The molecule has 9 nitrogen and oxygen atoms in total. The van der Waals surface area contributed by atoms with Crippen LogP contribution < -0.4 is 0 Å². The number of carbonyl (C=O) groups is 2. The summed E-state index contributed by atoms with van der Waals surface area (Å²) in [4.78, 5) is 23.3. The molecule has 0 aliphatic carbocycles. The zero-order valence-corrected chi connectivity index (χ0v) is 11.9. The molecule has 0 rings (SSSR count). The number of hydrogen-bond donors (Lipinski definition) is 6. The number of esters is 2. The normalized spacial score (nSPS) is 20.0. The lowest BCUT2D eigenvalue weighted by molar-refractivity contribution is -0.193. The SMILES string of the molecule is CC(O)CC(O)(CO)C(=O)OC(=O)C(O)(CO)CC(C)O. The summed E-state index contributed by atoms with van der Waals surface area (Å²) < 4.78 is 4.24. The summed E-state index contributed by atoms with van der Waals surface area (Å²) in [5, 5.41) is 55.9. The minimum atomic E-state index is -2.52. The Morgan fingerprint density at radius 3 is 1.38 bits per heavy atom. The van der Waals surface area contributed by atoms with Crippen LogP contribution in [0, 0.1) is 0 Å². The predicted octanol–water partition coefficient (Wildman–Crippen LogP) is -2.96. The monoisotopic (exact) mass is 310 g/mol. The second-order valence-electron chi connectivity index (χ2n) is 5.16. The van der Waals surface area contributed by atoms with Gasteiger partial charge in [-0.2, -0.15) is 0 Å².